The van der Waals surface area contributed by atoms with Gasteiger partial charge in [-0.1, -0.05) is 78.9 Å². The molecule has 1 unspecified atom stereocenters. The van der Waals surface area contributed by atoms with Gasteiger partial charge in [-0.2, -0.15) is 0 Å². The number of hydrogen-bond acceptors (Lipinski definition) is 0. The van der Waals surface area contributed by atoms with Crippen molar-refractivity contribution in [2.45, 2.75) is 25.2 Å². The molecule has 0 heterocycles. The largest absolute Gasteiger partial charge is 0.0801 e. The third-order valence-corrected chi connectivity index (χ3v) is 5.57. The van der Waals surface area contributed by atoms with E-state index in [9.17, 15) is 0 Å². The second-order valence-electron chi connectivity index (χ2n) is 6.91. The van der Waals surface area contributed by atoms with Crippen molar-refractivity contribution in [3.8, 4) is 0 Å². The van der Waals surface area contributed by atoms with Gasteiger partial charge in [-0.15, -0.1) is 0 Å². The lowest BCUT2D eigenvalue weighted by Gasteiger charge is -2.22. The molecule has 0 heteroatoms. The molecule has 0 aromatic heterocycles. The minimum Gasteiger partial charge on any atom is -0.0801 e. The zero-order chi connectivity index (χ0) is 15.9. The van der Waals surface area contributed by atoms with E-state index in [0.29, 0.717) is 5.92 Å². The van der Waals surface area contributed by atoms with Crippen LogP contribution in [0, 0.1) is 0 Å². The Morgan fingerprint density at radius 2 is 1.54 bits per heavy atom. The van der Waals surface area contributed by atoms with Crippen molar-refractivity contribution in [2.24, 2.45) is 0 Å². The van der Waals surface area contributed by atoms with Crippen LogP contribution < -0.4 is 10.4 Å². The first-order valence-electron chi connectivity index (χ1n) is 8.85. The summed E-state index contributed by atoms with van der Waals surface area (Å²) in [4.78, 5) is 0. The van der Waals surface area contributed by atoms with Crippen LogP contribution in [0.15, 0.2) is 66.7 Å². The van der Waals surface area contributed by atoms with Crippen molar-refractivity contribution in [3.05, 3.63) is 93.9 Å². The molecular formula is C24H20. The fourth-order valence-electron chi connectivity index (χ4n) is 4.30. The van der Waals surface area contributed by atoms with E-state index in [1.54, 1.807) is 0 Å². The summed E-state index contributed by atoms with van der Waals surface area (Å²) in [5, 5.41) is 5.70. The molecule has 0 N–H and O–H groups in total. The molecule has 0 fully saturated rings. The van der Waals surface area contributed by atoms with Crippen molar-refractivity contribution in [1.29, 1.82) is 0 Å². The lowest BCUT2D eigenvalue weighted by Crippen LogP contribution is -2.20. The summed E-state index contributed by atoms with van der Waals surface area (Å²) < 4.78 is 0. The Morgan fingerprint density at radius 3 is 2.42 bits per heavy atom. The van der Waals surface area contributed by atoms with Gasteiger partial charge >= 0.3 is 0 Å². The topological polar surface area (TPSA) is 0 Å². The molecule has 24 heavy (non-hydrogen) atoms. The van der Waals surface area contributed by atoms with Crippen LogP contribution in [0.1, 0.15) is 29.0 Å². The third-order valence-electron chi connectivity index (χ3n) is 5.57. The Labute approximate surface area is 142 Å². The fourth-order valence-corrected chi connectivity index (χ4v) is 4.30. The van der Waals surface area contributed by atoms with Crippen molar-refractivity contribution in [2.75, 3.05) is 0 Å². The summed E-state index contributed by atoms with van der Waals surface area (Å²) >= 11 is 0. The second-order valence-corrected chi connectivity index (χ2v) is 6.91. The standard InChI is InChI=1S/C24H20/c1-2-6-17(7-3-1)20-11-10-19-13-14-22-21-9-5-4-8-18(21)12-15-23(22)24(19)16-20/h1-8,10,12-15,20H,9,11,16H2. The summed E-state index contributed by atoms with van der Waals surface area (Å²) in [7, 11) is 0. The van der Waals surface area contributed by atoms with Gasteiger partial charge in [-0.25, -0.2) is 0 Å². The van der Waals surface area contributed by atoms with Crippen molar-refractivity contribution >= 4 is 22.9 Å². The van der Waals surface area contributed by atoms with Gasteiger partial charge in [0.25, 0.3) is 0 Å². The first kappa shape index (κ1) is 13.8. The smallest absolute Gasteiger partial charge is 0.00822 e. The Morgan fingerprint density at radius 1 is 0.750 bits per heavy atom. The average Bonchev–Trinajstić information content (AvgIpc) is 2.67. The molecule has 5 rings (SSSR count). The molecule has 0 saturated heterocycles. The van der Waals surface area contributed by atoms with Crippen LogP contribution in [0.3, 0.4) is 0 Å². The number of fused-ring (bicyclic) bond motifs is 5. The van der Waals surface area contributed by atoms with Crippen LogP contribution in [0.4, 0.5) is 0 Å². The normalized spacial score (nSPS) is 18.4. The minimum atomic E-state index is 0.604. The number of rotatable bonds is 1. The van der Waals surface area contributed by atoms with E-state index < -0.39 is 0 Å². The molecule has 2 aliphatic carbocycles. The first-order valence-corrected chi connectivity index (χ1v) is 8.85. The molecule has 3 aromatic rings. The predicted molar refractivity (Wildman–Crippen MR) is 102 cm³/mol. The Bertz CT molecular complexity index is 1070. The summed E-state index contributed by atoms with van der Waals surface area (Å²) in [5.41, 5.74) is 4.48. The lowest BCUT2D eigenvalue weighted by atomic mass is 9.82. The van der Waals surface area contributed by atoms with E-state index in [0.717, 1.165) is 19.3 Å². The number of benzene rings is 3. The van der Waals surface area contributed by atoms with E-state index in [2.05, 4.69) is 78.9 Å². The minimum absolute atomic E-state index is 0.604. The molecule has 0 spiro atoms. The van der Waals surface area contributed by atoms with Crippen LogP contribution in [-0.2, 0) is 12.8 Å². The summed E-state index contributed by atoms with van der Waals surface area (Å²) in [6.07, 6.45) is 12.4. The Hall–Kier alpha value is -2.60. The number of hydrogen-bond donors (Lipinski definition) is 0. The van der Waals surface area contributed by atoms with Crippen molar-refractivity contribution in [1.82, 2.24) is 0 Å². The highest BCUT2D eigenvalue weighted by molar-refractivity contribution is 5.90. The van der Waals surface area contributed by atoms with Crippen molar-refractivity contribution in [3.63, 3.8) is 0 Å². The highest BCUT2D eigenvalue weighted by Crippen LogP contribution is 2.30. The van der Waals surface area contributed by atoms with Crippen LogP contribution in [0.2, 0.25) is 0 Å². The zero-order valence-electron chi connectivity index (χ0n) is 13.7. The molecular weight excluding hydrogens is 288 g/mol. The van der Waals surface area contributed by atoms with E-state index in [1.807, 2.05) is 0 Å². The van der Waals surface area contributed by atoms with E-state index in [4.69, 9.17) is 0 Å². The summed E-state index contributed by atoms with van der Waals surface area (Å²) in [5.74, 6) is 0.604. The molecule has 0 amide bonds. The lowest BCUT2D eigenvalue weighted by molar-refractivity contribution is 0.698. The maximum Gasteiger partial charge on any atom is -0.00822 e. The van der Waals surface area contributed by atoms with E-state index >= 15 is 0 Å². The molecule has 0 radical (unpaired) electrons. The molecule has 116 valence electrons. The quantitative estimate of drug-likeness (QED) is 0.631. The van der Waals surface area contributed by atoms with Crippen molar-refractivity contribution < 1.29 is 0 Å². The van der Waals surface area contributed by atoms with Gasteiger partial charge in [-0.05, 0) is 63.1 Å². The second kappa shape index (κ2) is 5.49. The van der Waals surface area contributed by atoms with Crippen LogP contribution in [0.5, 0.6) is 0 Å². The molecule has 0 saturated carbocycles. The molecule has 2 aliphatic rings. The first-order chi connectivity index (χ1) is 11.9. The van der Waals surface area contributed by atoms with Gasteiger partial charge in [0.05, 0.1) is 0 Å². The SMILES string of the molecule is C1=CCc2c(ccc3c4c(ccc23)=CCC(c2ccccc2)C4)=C1. The highest BCUT2D eigenvalue weighted by Gasteiger charge is 2.18. The van der Waals surface area contributed by atoms with E-state index in [-0.39, 0.29) is 0 Å². The highest BCUT2D eigenvalue weighted by atomic mass is 14.2. The molecule has 1 atom stereocenters. The maximum atomic E-state index is 2.43. The number of allylic oxidation sites excluding steroid dienone is 2. The average molecular weight is 308 g/mol. The van der Waals surface area contributed by atoms with Gasteiger partial charge in [0.2, 0.25) is 0 Å². The van der Waals surface area contributed by atoms with Crippen LogP contribution in [-0.4, -0.2) is 0 Å². The molecule has 0 aliphatic heterocycles. The summed E-state index contributed by atoms with van der Waals surface area (Å²) in [6, 6.07) is 20.3. The van der Waals surface area contributed by atoms with Gasteiger partial charge in [-0.3, -0.25) is 0 Å². The van der Waals surface area contributed by atoms with Crippen LogP contribution >= 0.6 is 0 Å². The van der Waals surface area contributed by atoms with Crippen LogP contribution in [0.25, 0.3) is 22.9 Å². The van der Waals surface area contributed by atoms with E-state index in [1.165, 1.54) is 37.9 Å². The zero-order valence-corrected chi connectivity index (χ0v) is 13.7. The summed E-state index contributed by atoms with van der Waals surface area (Å²) in [6.45, 7) is 0. The Balaban J connectivity index is 1.69. The predicted octanol–water partition coefficient (Wildman–Crippen LogP) is 4.24. The molecule has 3 aromatic carbocycles. The maximum absolute atomic E-state index is 2.43. The fraction of sp³-hybridized carbons (Fsp3) is 0.167. The third kappa shape index (κ3) is 2.14. The van der Waals surface area contributed by atoms with Gasteiger partial charge in [0.15, 0.2) is 0 Å². The molecule has 0 nitrogen and oxygen atoms in total. The monoisotopic (exact) mass is 308 g/mol. The van der Waals surface area contributed by atoms with Gasteiger partial charge in [0, 0.05) is 0 Å². The molecule has 0 bridgehead atoms. The van der Waals surface area contributed by atoms with Gasteiger partial charge < -0.3 is 0 Å². The Kier molecular flexibility index (Phi) is 3.16. The van der Waals surface area contributed by atoms with Gasteiger partial charge in [0.1, 0.15) is 0 Å².